The first-order valence-electron chi connectivity index (χ1n) is 13.9. The number of benzene rings is 3. The molecule has 206 valence electrons. The van der Waals surface area contributed by atoms with Gasteiger partial charge in [0, 0.05) is 11.8 Å². The van der Waals surface area contributed by atoms with Crippen LogP contribution < -0.4 is 5.30 Å². The van der Waals surface area contributed by atoms with Gasteiger partial charge in [0.05, 0.1) is 11.1 Å². The van der Waals surface area contributed by atoms with Crippen LogP contribution in [0.15, 0.2) is 97.1 Å². The molecule has 0 saturated heterocycles. The Labute approximate surface area is 239 Å². The van der Waals surface area contributed by atoms with Crippen LogP contribution in [0.3, 0.4) is 0 Å². The second kappa shape index (κ2) is 11.6. The third kappa shape index (κ3) is 5.06. The molecule has 4 nitrogen and oxygen atoms in total. The summed E-state index contributed by atoms with van der Waals surface area (Å²) in [6, 6.07) is 23.3. The van der Waals surface area contributed by atoms with Gasteiger partial charge in [0.15, 0.2) is 0 Å². The lowest BCUT2D eigenvalue weighted by Gasteiger charge is -2.55. The van der Waals surface area contributed by atoms with E-state index in [-0.39, 0.29) is 29.1 Å². The highest BCUT2D eigenvalue weighted by atomic mass is 31.1. The van der Waals surface area contributed by atoms with Crippen LogP contribution in [0, 0.1) is 31.1 Å². The lowest BCUT2D eigenvalue weighted by Crippen LogP contribution is -2.58. The van der Waals surface area contributed by atoms with Crippen molar-refractivity contribution in [1.82, 2.24) is 0 Å². The summed E-state index contributed by atoms with van der Waals surface area (Å²) in [5, 5.41) is 0.962. The average Bonchev–Trinajstić information content (AvgIpc) is 2.96. The Balaban J connectivity index is 1.64. The predicted molar refractivity (Wildman–Crippen MR) is 163 cm³/mol. The van der Waals surface area contributed by atoms with Crippen molar-refractivity contribution >= 4 is 25.8 Å². The monoisotopic (exact) mass is 552 g/mol. The van der Waals surface area contributed by atoms with Gasteiger partial charge in [0.1, 0.15) is 12.2 Å². The zero-order valence-electron chi connectivity index (χ0n) is 23.8. The molecule has 5 heteroatoms. The summed E-state index contributed by atoms with van der Waals surface area (Å²) >= 11 is 0. The van der Waals surface area contributed by atoms with Crippen LogP contribution in [0.2, 0.25) is 0 Å². The molecule has 3 aromatic rings. The van der Waals surface area contributed by atoms with Crippen molar-refractivity contribution in [1.29, 1.82) is 0 Å². The Morgan fingerprint density at radius 3 is 2.08 bits per heavy atom. The fraction of sp³-hybridized carbons (Fsp3) is 0.314. The van der Waals surface area contributed by atoms with Crippen molar-refractivity contribution in [3.8, 4) is 0 Å². The molecule has 0 N–H and O–H groups in total. The number of esters is 2. The smallest absolute Gasteiger partial charge is 0.339 e. The molecule has 0 spiro atoms. The van der Waals surface area contributed by atoms with Crippen LogP contribution in [-0.2, 0) is 9.47 Å². The Hall–Kier alpha value is -3.49. The fourth-order valence-corrected chi connectivity index (χ4v) is 7.19. The molecule has 1 fully saturated rings. The van der Waals surface area contributed by atoms with E-state index in [0.29, 0.717) is 19.7 Å². The van der Waals surface area contributed by atoms with Crippen molar-refractivity contribution in [2.75, 3.05) is 6.66 Å². The first kappa shape index (κ1) is 28.1. The summed E-state index contributed by atoms with van der Waals surface area (Å²) in [5.41, 5.74) is 3.84. The minimum absolute atomic E-state index is 0.0441. The molecule has 7 unspecified atom stereocenters. The van der Waals surface area contributed by atoms with Gasteiger partial charge in [0.25, 0.3) is 0 Å². The summed E-state index contributed by atoms with van der Waals surface area (Å²) < 4.78 is 12.9. The number of fused-ring (bicyclic) bond motifs is 1. The van der Waals surface area contributed by atoms with Crippen molar-refractivity contribution in [3.05, 3.63) is 125 Å². The average molecular weight is 553 g/mol. The summed E-state index contributed by atoms with van der Waals surface area (Å²) in [6.07, 6.45) is 7.28. The van der Waals surface area contributed by atoms with Gasteiger partial charge >= 0.3 is 11.9 Å². The minimum atomic E-state index is -0.683. The normalized spacial score (nSPS) is 27.4. The Morgan fingerprint density at radius 2 is 1.38 bits per heavy atom. The van der Waals surface area contributed by atoms with Gasteiger partial charge in [-0.3, -0.25) is 0 Å². The van der Waals surface area contributed by atoms with Gasteiger partial charge in [-0.15, -0.1) is 0 Å². The molecule has 0 aliphatic heterocycles. The highest BCUT2D eigenvalue weighted by molar-refractivity contribution is 7.46. The second-order valence-electron chi connectivity index (χ2n) is 11.2. The number of carbonyl (C=O) groups is 2. The molecule has 0 heterocycles. The number of carbonyl (C=O) groups excluding carboxylic acids is 2. The van der Waals surface area contributed by atoms with Gasteiger partial charge in [-0.25, -0.2) is 9.59 Å². The van der Waals surface area contributed by atoms with Crippen LogP contribution in [0.4, 0.5) is 0 Å². The van der Waals surface area contributed by atoms with Crippen molar-refractivity contribution in [2.45, 2.75) is 45.8 Å². The van der Waals surface area contributed by atoms with Crippen molar-refractivity contribution < 1.29 is 19.1 Å². The van der Waals surface area contributed by atoms with E-state index in [1.54, 1.807) is 6.07 Å². The lowest BCUT2D eigenvalue weighted by molar-refractivity contribution is -0.121. The molecule has 0 bridgehead atoms. The third-order valence-electron chi connectivity index (χ3n) is 8.96. The maximum Gasteiger partial charge on any atom is 0.339 e. The quantitative estimate of drug-likeness (QED) is 0.240. The molecular weight excluding hydrogens is 515 g/mol. The Bertz CT molecular complexity index is 1470. The van der Waals surface area contributed by atoms with Crippen LogP contribution >= 0.6 is 8.58 Å². The zero-order valence-corrected chi connectivity index (χ0v) is 24.8. The maximum atomic E-state index is 13.8. The van der Waals surface area contributed by atoms with Gasteiger partial charge in [-0.05, 0) is 66.0 Å². The maximum absolute atomic E-state index is 13.8. The number of ether oxygens (including phenoxy) is 2. The molecular formula is C35H37O4P. The summed E-state index contributed by atoms with van der Waals surface area (Å²) in [6.45, 7) is 10.4. The Morgan fingerprint density at radius 1 is 0.775 bits per heavy atom. The predicted octanol–water partition coefficient (Wildman–Crippen LogP) is 7.17. The summed E-state index contributed by atoms with van der Waals surface area (Å²) in [4.78, 5) is 27.5. The highest BCUT2D eigenvalue weighted by Gasteiger charge is 2.57. The summed E-state index contributed by atoms with van der Waals surface area (Å²) in [5.74, 6) is -1.06. The molecule has 7 atom stereocenters. The number of hydrogen-bond donors (Lipinski definition) is 0. The van der Waals surface area contributed by atoms with E-state index in [2.05, 4.69) is 63.9 Å². The number of allylic oxidation sites excluding steroid dienone is 4. The van der Waals surface area contributed by atoms with E-state index < -0.39 is 18.2 Å². The van der Waals surface area contributed by atoms with Gasteiger partial charge in [-0.1, -0.05) is 107 Å². The lowest BCUT2D eigenvalue weighted by atomic mass is 9.53. The largest absolute Gasteiger partial charge is 0.454 e. The topological polar surface area (TPSA) is 52.6 Å². The van der Waals surface area contributed by atoms with Gasteiger partial charge in [0.2, 0.25) is 0 Å². The van der Waals surface area contributed by atoms with Crippen molar-refractivity contribution in [2.24, 2.45) is 17.3 Å². The molecule has 5 rings (SSSR count). The number of rotatable bonds is 6. The fourth-order valence-electron chi connectivity index (χ4n) is 6.47. The third-order valence-corrected chi connectivity index (χ3v) is 9.93. The second-order valence-corrected chi connectivity index (χ2v) is 12.2. The number of hydrogen-bond acceptors (Lipinski definition) is 4. The minimum Gasteiger partial charge on any atom is -0.454 e. The molecule has 40 heavy (non-hydrogen) atoms. The van der Waals surface area contributed by atoms with Crippen molar-refractivity contribution in [3.63, 3.8) is 0 Å². The Kier molecular flexibility index (Phi) is 8.10. The molecule has 3 aromatic carbocycles. The number of aryl methyl sites for hydroxylation is 2. The first-order chi connectivity index (χ1) is 19.3. The SMILES string of the molecule is CPc1ccccc1C(=O)OC1C(OC(=O)c2ccccc2C)C(c2ccccc2C)C2C=CC=CC2(C)C1C. The van der Waals surface area contributed by atoms with E-state index in [9.17, 15) is 9.59 Å². The van der Waals surface area contributed by atoms with E-state index in [1.165, 1.54) is 0 Å². The van der Waals surface area contributed by atoms with Gasteiger partial charge < -0.3 is 9.47 Å². The van der Waals surface area contributed by atoms with Gasteiger partial charge in [-0.2, -0.15) is 0 Å². The van der Waals surface area contributed by atoms with E-state index >= 15 is 0 Å². The van der Waals surface area contributed by atoms with E-state index in [0.717, 1.165) is 22.0 Å². The highest BCUT2D eigenvalue weighted by Crippen LogP contribution is 2.56. The molecule has 0 amide bonds. The molecule has 1 saturated carbocycles. The summed E-state index contributed by atoms with van der Waals surface area (Å²) in [7, 11) is 0.456. The molecule has 0 radical (unpaired) electrons. The molecule has 2 aliphatic carbocycles. The first-order valence-corrected chi connectivity index (χ1v) is 15.4. The molecule has 0 aromatic heterocycles. The van der Waals surface area contributed by atoms with E-state index in [1.807, 2.05) is 61.5 Å². The van der Waals surface area contributed by atoms with Crippen LogP contribution in [0.1, 0.15) is 57.2 Å². The van der Waals surface area contributed by atoms with Crippen LogP contribution in [0.25, 0.3) is 0 Å². The van der Waals surface area contributed by atoms with Crippen LogP contribution in [-0.4, -0.2) is 30.8 Å². The van der Waals surface area contributed by atoms with E-state index in [4.69, 9.17) is 9.47 Å². The molecule has 2 aliphatic rings. The standard InChI is InChI=1S/C35H37O4P/c1-22-14-6-8-16-25(22)30-28-19-12-13-21-35(28,4)24(3)31(38-34(37)27-18-10-11-20-29(27)40-5)32(30)39-33(36)26-17-9-7-15-23(26)2/h6-21,24,28,30-32,40H,1-5H3. The zero-order chi connectivity index (χ0) is 28.4. The van der Waals surface area contributed by atoms with Crippen LogP contribution in [0.5, 0.6) is 0 Å².